The van der Waals surface area contributed by atoms with Crippen LogP contribution >= 0.6 is 0 Å². The number of nitrogens with one attached hydrogen (secondary N) is 2. The minimum atomic E-state index is -1.36. The molecule has 3 fully saturated rings. The Morgan fingerprint density at radius 1 is 0.964 bits per heavy atom. The zero-order valence-corrected chi connectivity index (χ0v) is 33.5. The topological polar surface area (TPSA) is 163 Å². The van der Waals surface area contributed by atoms with Crippen molar-refractivity contribution in [2.75, 3.05) is 39.3 Å². The number of aryl methyl sites for hydroxylation is 1. The summed E-state index contributed by atoms with van der Waals surface area (Å²) in [6.07, 6.45) is 4.84. The number of rotatable bonds is 13. The molecule has 4 aliphatic heterocycles. The smallest absolute Gasteiger partial charge is 0.303 e. The lowest BCUT2D eigenvalue weighted by molar-refractivity contribution is -0.292. The molecular weight excluding hydrogens is 708 g/mol. The predicted molar refractivity (Wildman–Crippen MR) is 204 cm³/mol. The molecule has 7 unspecified atom stereocenters. The van der Waals surface area contributed by atoms with Crippen molar-refractivity contribution in [2.45, 2.75) is 124 Å². The van der Waals surface area contributed by atoms with E-state index in [2.05, 4.69) is 71.9 Å². The molecule has 1 aromatic carbocycles. The molecule has 4 heterocycles. The average molecular weight is 769 g/mol. The van der Waals surface area contributed by atoms with Crippen molar-refractivity contribution in [1.29, 1.82) is 0 Å². The second kappa shape index (κ2) is 19.2. The molecule has 14 heteroatoms. The van der Waals surface area contributed by atoms with Gasteiger partial charge in [0, 0.05) is 40.8 Å². The Balaban J connectivity index is 1.29. The lowest BCUT2D eigenvalue weighted by atomic mass is 9.73. The number of ether oxygens (including phenoxy) is 6. The number of carbonyl (C=O) groups is 4. The van der Waals surface area contributed by atoms with E-state index in [1.54, 1.807) is 0 Å². The van der Waals surface area contributed by atoms with E-state index >= 15 is 0 Å². The van der Waals surface area contributed by atoms with E-state index in [-0.39, 0.29) is 24.5 Å². The summed E-state index contributed by atoms with van der Waals surface area (Å²) in [5.74, 6) is -2.50. The van der Waals surface area contributed by atoms with Crippen LogP contribution in [0, 0.1) is 24.2 Å². The summed E-state index contributed by atoms with van der Waals surface area (Å²) in [6, 6.07) is 6.37. The van der Waals surface area contributed by atoms with Crippen molar-refractivity contribution >= 4 is 35.9 Å². The summed E-state index contributed by atoms with van der Waals surface area (Å²) < 4.78 is 34.6. The molecule has 0 aliphatic carbocycles. The number of hydrogen-bond donors (Lipinski definition) is 2. The highest BCUT2D eigenvalue weighted by molar-refractivity contribution is 5.81. The maximum Gasteiger partial charge on any atom is 0.303 e. The van der Waals surface area contributed by atoms with Crippen LogP contribution in [0.15, 0.2) is 29.4 Å². The summed E-state index contributed by atoms with van der Waals surface area (Å²) in [7, 11) is 0. The Labute approximate surface area is 325 Å². The first-order chi connectivity index (χ1) is 26.2. The van der Waals surface area contributed by atoms with E-state index in [0.29, 0.717) is 17.7 Å². The monoisotopic (exact) mass is 768 g/mol. The highest BCUT2D eigenvalue weighted by atomic mass is 16.7. The standard InChI is InChI=1S/C41H60N4O10/c1-25(2)35-33(22-32-13-12-31(21-26(32)3)11-8-9-19-45-20-10-14-41(24-45)15-17-42-18-16-41)39(44-43-35)55-40-38(53-30(7)49)37(52-29(6)48)36(51-28(5)47)34(54-40)23-50-27(4)46/h8,11-13,21,25,33-38,40,42-43H,9-10,14-20,22-24H2,1-7H3. The van der Waals surface area contributed by atoms with Gasteiger partial charge in [-0.05, 0) is 93.1 Å². The second-order valence-electron chi connectivity index (χ2n) is 15.9. The molecular formula is C41H60N4O10. The molecule has 5 rings (SSSR count). The van der Waals surface area contributed by atoms with Gasteiger partial charge in [0.1, 0.15) is 12.7 Å². The molecule has 0 aromatic heterocycles. The van der Waals surface area contributed by atoms with Crippen molar-refractivity contribution in [2.24, 2.45) is 22.4 Å². The van der Waals surface area contributed by atoms with Gasteiger partial charge in [0.05, 0.1) is 12.0 Å². The number of esters is 4. The second-order valence-corrected chi connectivity index (χ2v) is 15.9. The summed E-state index contributed by atoms with van der Waals surface area (Å²) in [4.78, 5) is 51.3. The first-order valence-corrected chi connectivity index (χ1v) is 19.7. The molecule has 2 N–H and O–H groups in total. The van der Waals surface area contributed by atoms with Gasteiger partial charge < -0.3 is 44.1 Å². The maximum absolute atomic E-state index is 12.4. The number of hydrazone groups is 1. The third-order valence-electron chi connectivity index (χ3n) is 11.1. The van der Waals surface area contributed by atoms with E-state index in [4.69, 9.17) is 28.4 Å². The van der Waals surface area contributed by atoms with Crippen LogP contribution in [0.2, 0.25) is 0 Å². The molecule has 3 saturated heterocycles. The lowest BCUT2D eigenvalue weighted by Crippen LogP contribution is -2.63. The molecule has 14 nitrogen and oxygen atoms in total. The summed E-state index contributed by atoms with van der Waals surface area (Å²) >= 11 is 0. The number of piperidine rings is 2. The van der Waals surface area contributed by atoms with Gasteiger partial charge in [0.25, 0.3) is 0 Å². The molecule has 0 amide bonds. The fraction of sp³-hybridized carbons (Fsp3) is 0.683. The van der Waals surface area contributed by atoms with Gasteiger partial charge in [0.15, 0.2) is 12.2 Å². The number of hydrogen-bond acceptors (Lipinski definition) is 14. The predicted octanol–water partition coefficient (Wildman–Crippen LogP) is 4.06. The third-order valence-corrected chi connectivity index (χ3v) is 11.1. The van der Waals surface area contributed by atoms with Crippen LogP contribution in [0.5, 0.6) is 0 Å². The quantitative estimate of drug-likeness (QED) is 0.219. The molecule has 0 saturated carbocycles. The van der Waals surface area contributed by atoms with Crippen LogP contribution in [0.3, 0.4) is 0 Å². The van der Waals surface area contributed by atoms with Crippen LogP contribution in [-0.2, 0) is 54.0 Å². The van der Waals surface area contributed by atoms with Crippen molar-refractivity contribution < 1.29 is 47.6 Å². The molecule has 304 valence electrons. The number of nitrogens with zero attached hydrogens (tertiary/aromatic N) is 2. The lowest BCUT2D eigenvalue weighted by Gasteiger charge is -2.45. The minimum Gasteiger partial charge on any atom is -0.463 e. The van der Waals surface area contributed by atoms with Gasteiger partial charge in [-0.3, -0.25) is 19.2 Å². The first kappa shape index (κ1) is 42.1. The summed E-state index contributed by atoms with van der Waals surface area (Å²) in [6.45, 7) is 16.5. The van der Waals surface area contributed by atoms with Gasteiger partial charge in [-0.1, -0.05) is 44.2 Å². The number of carbonyl (C=O) groups excluding carboxylic acids is 4. The molecule has 0 bridgehead atoms. The zero-order valence-electron chi connectivity index (χ0n) is 33.5. The molecule has 7 atom stereocenters. The summed E-state index contributed by atoms with van der Waals surface area (Å²) in [5.41, 5.74) is 7.11. The van der Waals surface area contributed by atoms with Crippen LogP contribution in [0.25, 0.3) is 6.08 Å². The van der Waals surface area contributed by atoms with E-state index in [1.807, 2.05) is 0 Å². The molecule has 0 radical (unpaired) electrons. The average Bonchev–Trinajstić information content (AvgIpc) is 3.51. The van der Waals surface area contributed by atoms with Crippen molar-refractivity contribution in [3.63, 3.8) is 0 Å². The number of benzene rings is 1. The van der Waals surface area contributed by atoms with Crippen LogP contribution in [-0.4, -0.2) is 111 Å². The van der Waals surface area contributed by atoms with E-state index < -0.39 is 54.6 Å². The minimum absolute atomic E-state index is 0.0987. The molecule has 1 aromatic rings. The Bertz CT molecular complexity index is 1570. The molecule has 1 spiro atoms. The zero-order chi connectivity index (χ0) is 39.7. The Hall–Kier alpha value is -4.01. The largest absolute Gasteiger partial charge is 0.463 e. The Morgan fingerprint density at radius 3 is 2.31 bits per heavy atom. The first-order valence-electron chi connectivity index (χ1n) is 19.7. The van der Waals surface area contributed by atoms with Crippen LogP contribution in [0.4, 0.5) is 0 Å². The van der Waals surface area contributed by atoms with Gasteiger partial charge in [-0.15, -0.1) is 5.10 Å². The SMILES string of the molecule is CC(=O)OCC1OC(OC2=NNC(C(C)C)C2Cc2ccc(C=CCCN3CCCC4(CCNCC4)C3)cc2C)C(OC(C)=O)C(OC(C)=O)C1OC(C)=O. The van der Waals surface area contributed by atoms with Crippen molar-refractivity contribution in [1.82, 2.24) is 15.6 Å². The third kappa shape index (κ3) is 11.5. The number of likely N-dealkylation sites (tertiary alicyclic amines) is 1. The van der Waals surface area contributed by atoms with Gasteiger partial charge in [-0.2, -0.15) is 0 Å². The Morgan fingerprint density at radius 2 is 1.65 bits per heavy atom. The van der Waals surface area contributed by atoms with Gasteiger partial charge in [0.2, 0.25) is 18.3 Å². The maximum atomic E-state index is 12.4. The van der Waals surface area contributed by atoms with Crippen LogP contribution in [0.1, 0.15) is 90.3 Å². The summed E-state index contributed by atoms with van der Waals surface area (Å²) in [5, 5.41) is 8.09. The normalized spacial score (nSPS) is 28.0. The van der Waals surface area contributed by atoms with Crippen molar-refractivity contribution in [3.05, 3.63) is 41.0 Å². The van der Waals surface area contributed by atoms with Crippen molar-refractivity contribution in [3.8, 4) is 0 Å². The van der Waals surface area contributed by atoms with E-state index in [1.165, 1.54) is 66.5 Å². The fourth-order valence-electron chi connectivity index (χ4n) is 8.44. The fourth-order valence-corrected chi connectivity index (χ4v) is 8.44. The Kier molecular flexibility index (Phi) is 14.7. The van der Waals surface area contributed by atoms with Gasteiger partial charge in [-0.25, -0.2) is 0 Å². The van der Waals surface area contributed by atoms with E-state index in [9.17, 15) is 19.2 Å². The molecule has 4 aliphatic rings. The molecule has 55 heavy (non-hydrogen) atoms. The van der Waals surface area contributed by atoms with Gasteiger partial charge >= 0.3 is 23.9 Å². The highest BCUT2D eigenvalue weighted by Gasteiger charge is 2.54. The van der Waals surface area contributed by atoms with E-state index in [0.717, 1.165) is 42.7 Å². The highest BCUT2D eigenvalue weighted by Crippen LogP contribution is 2.38. The van der Waals surface area contributed by atoms with Crippen LogP contribution < -0.4 is 10.7 Å².